The number of piperazine rings is 1. The van der Waals surface area contributed by atoms with Gasteiger partial charge < -0.3 is 19.3 Å². The fourth-order valence-electron chi connectivity index (χ4n) is 9.66. The van der Waals surface area contributed by atoms with E-state index in [1.165, 1.54) is 31.8 Å². The van der Waals surface area contributed by atoms with Crippen LogP contribution in [0, 0.1) is 17.2 Å². The van der Waals surface area contributed by atoms with Crippen LogP contribution in [0.4, 0.5) is 0 Å². The zero-order valence-electron chi connectivity index (χ0n) is 28.3. The first-order chi connectivity index (χ1) is 23.3. The van der Waals surface area contributed by atoms with Gasteiger partial charge in [0.1, 0.15) is 5.75 Å². The van der Waals surface area contributed by atoms with Crippen LogP contribution in [0.15, 0.2) is 30.9 Å². The number of likely N-dealkylation sites (tertiary alicyclic amines) is 1. The predicted octanol–water partition coefficient (Wildman–Crippen LogP) is 4.32. The van der Waals surface area contributed by atoms with Gasteiger partial charge in [0.25, 0.3) is 0 Å². The fourth-order valence-corrected chi connectivity index (χ4v) is 9.89. The number of carbonyl (C=O) groups is 2. The molecule has 7 rings (SSSR count). The lowest BCUT2D eigenvalue weighted by molar-refractivity contribution is -0.217. The number of benzene rings is 1. The summed E-state index contributed by atoms with van der Waals surface area (Å²) in [4.78, 5) is 37.0. The largest absolute Gasteiger partial charge is 0.479 e. The number of fused-ring (bicyclic) bond motifs is 2. The van der Waals surface area contributed by atoms with E-state index in [0.29, 0.717) is 61.9 Å². The van der Waals surface area contributed by atoms with Crippen molar-refractivity contribution in [2.75, 3.05) is 39.8 Å². The summed E-state index contributed by atoms with van der Waals surface area (Å²) in [5.41, 5.74) is -0.0385. The van der Waals surface area contributed by atoms with Crippen LogP contribution in [0.1, 0.15) is 76.2 Å². The van der Waals surface area contributed by atoms with E-state index in [1.807, 2.05) is 18.2 Å². The van der Waals surface area contributed by atoms with Gasteiger partial charge in [0.05, 0.1) is 37.3 Å². The average Bonchev–Trinajstić information content (AvgIpc) is 3.58. The minimum atomic E-state index is -0.953. The zero-order valence-corrected chi connectivity index (χ0v) is 29.1. The summed E-state index contributed by atoms with van der Waals surface area (Å²) in [5, 5.41) is 14.3. The standard InChI is InChI=1S/C37H51ClN6O4/c1-3-32(45)43-21-20-42(23-26(43)16-18-39)35-28-15-17-37(22-29-30(38)13-8-14-31(29)48-37)34(46)33(28)40-36(47-24-27-12-9-19-41(27)2)44(35)25-10-6-4-5-7-11-25/h3,8,13-14,25-28,33,35-36,40H,1,4-7,9-12,15-17,19-24H2,2H3/t26?,27?,28?,33?,35?,36?,37-/m1/s1. The molecule has 3 saturated heterocycles. The maximum Gasteiger partial charge on any atom is 0.246 e. The Bertz CT molecular complexity index is 1410. The van der Waals surface area contributed by atoms with Crippen LogP contribution in [0.5, 0.6) is 5.75 Å². The van der Waals surface area contributed by atoms with Gasteiger partial charge in [0, 0.05) is 54.6 Å². The molecule has 4 aliphatic heterocycles. The smallest absolute Gasteiger partial charge is 0.246 e. The molecular formula is C37H51ClN6O4. The summed E-state index contributed by atoms with van der Waals surface area (Å²) in [6, 6.07) is 7.95. The van der Waals surface area contributed by atoms with Crippen molar-refractivity contribution in [3.05, 3.63) is 41.4 Å². The summed E-state index contributed by atoms with van der Waals surface area (Å²) in [6.07, 6.45) is 12.2. The number of nitrogens with zero attached hydrogens (tertiary/aromatic N) is 5. The van der Waals surface area contributed by atoms with E-state index in [2.05, 4.69) is 39.7 Å². The highest BCUT2D eigenvalue weighted by atomic mass is 35.5. The Hall–Kier alpha value is -2.52. The monoisotopic (exact) mass is 678 g/mol. The van der Waals surface area contributed by atoms with Crippen LogP contribution in [-0.2, 0) is 20.7 Å². The van der Waals surface area contributed by atoms with Crippen LogP contribution in [0.25, 0.3) is 0 Å². The number of nitrogens with one attached hydrogen (secondary N) is 1. The van der Waals surface area contributed by atoms with Crippen molar-refractivity contribution in [2.45, 2.75) is 119 Å². The lowest BCUT2D eigenvalue weighted by Crippen LogP contribution is -2.77. The second kappa shape index (κ2) is 14.4. The Morgan fingerprint density at radius 2 is 1.96 bits per heavy atom. The first-order valence-corrected chi connectivity index (χ1v) is 18.6. The molecule has 1 aromatic carbocycles. The molecule has 11 heteroatoms. The Morgan fingerprint density at radius 3 is 2.67 bits per heavy atom. The van der Waals surface area contributed by atoms with Gasteiger partial charge in [-0.15, -0.1) is 0 Å². The second-order valence-electron chi connectivity index (χ2n) is 14.9. The van der Waals surface area contributed by atoms with Crippen molar-refractivity contribution in [3.8, 4) is 11.8 Å². The van der Waals surface area contributed by atoms with Gasteiger partial charge in [-0.3, -0.25) is 19.8 Å². The molecule has 48 heavy (non-hydrogen) atoms. The summed E-state index contributed by atoms with van der Waals surface area (Å²) >= 11 is 6.62. The molecule has 0 aromatic heterocycles. The Kier molecular flexibility index (Phi) is 10.2. The summed E-state index contributed by atoms with van der Waals surface area (Å²) in [7, 11) is 2.17. The minimum Gasteiger partial charge on any atom is -0.479 e. The number of hydrogen-bond donors (Lipinski definition) is 1. The molecule has 1 N–H and O–H groups in total. The molecule has 260 valence electrons. The van der Waals surface area contributed by atoms with Crippen LogP contribution < -0.4 is 10.1 Å². The number of likely N-dealkylation sites (N-methyl/N-ethyl adjacent to an activating group) is 1. The van der Waals surface area contributed by atoms with Crippen LogP contribution >= 0.6 is 11.6 Å². The summed E-state index contributed by atoms with van der Waals surface area (Å²) in [6.45, 7) is 7.14. The van der Waals surface area contributed by atoms with Gasteiger partial charge in [-0.2, -0.15) is 5.26 Å². The Morgan fingerprint density at radius 1 is 1.15 bits per heavy atom. The molecule has 1 spiro atoms. The van der Waals surface area contributed by atoms with Crippen molar-refractivity contribution in [1.82, 2.24) is 24.9 Å². The van der Waals surface area contributed by atoms with Crippen molar-refractivity contribution >= 4 is 23.3 Å². The van der Waals surface area contributed by atoms with E-state index in [1.54, 1.807) is 4.90 Å². The Balaban J connectivity index is 1.24. The maximum absolute atomic E-state index is 14.9. The fraction of sp³-hybridized carbons (Fsp3) is 0.703. The third-order valence-corrected chi connectivity index (χ3v) is 12.6. The molecular weight excluding hydrogens is 628 g/mol. The zero-order chi connectivity index (χ0) is 33.4. The van der Waals surface area contributed by atoms with E-state index in [-0.39, 0.29) is 36.2 Å². The lowest BCUT2D eigenvalue weighted by atomic mass is 9.70. The number of rotatable bonds is 7. The third-order valence-electron chi connectivity index (χ3n) is 12.2. The van der Waals surface area contributed by atoms with Crippen LogP contribution in [-0.4, -0.2) is 113 Å². The molecule has 6 aliphatic rings. The minimum absolute atomic E-state index is 0.00689. The predicted molar refractivity (Wildman–Crippen MR) is 183 cm³/mol. The van der Waals surface area contributed by atoms with Crippen molar-refractivity contribution in [2.24, 2.45) is 5.92 Å². The topological polar surface area (TPSA) is 101 Å². The van der Waals surface area contributed by atoms with Gasteiger partial charge in [-0.05, 0) is 70.3 Å². The van der Waals surface area contributed by atoms with E-state index >= 15 is 0 Å². The van der Waals surface area contributed by atoms with Gasteiger partial charge in [-0.1, -0.05) is 49.9 Å². The Labute approximate surface area is 290 Å². The molecule has 2 aliphatic carbocycles. The highest BCUT2D eigenvalue weighted by molar-refractivity contribution is 6.31. The number of hydrogen-bond acceptors (Lipinski definition) is 9. The number of ether oxygens (including phenoxy) is 2. The molecule has 1 aromatic rings. The molecule has 0 radical (unpaired) electrons. The van der Waals surface area contributed by atoms with Crippen molar-refractivity contribution in [1.29, 1.82) is 5.26 Å². The molecule has 10 nitrogen and oxygen atoms in total. The molecule has 2 saturated carbocycles. The van der Waals surface area contributed by atoms with E-state index in [9.17, 15) is 14.9 Å². The van der Waals surface area contributed by atoms with Crippen LogP contribution in [0.3, 0.4) is 0 Å². The molecule has 1 amide bonds. The van der Waals surface area contributed by atoms with E-state index in [4.69, 9.17) is 21.1 Å². The third kappa shape index (κ3) is 6.31. The molecule has 7 atom stereocenters. The number of ketones is 1. The number of nitriles is 1. The summed E-state index contributed by atoms with van der Waals surface area (Å²) in [5.74, 6) is 0.651. The van der Waals surface area contributed by atoms with Crippen molar-refractivity contribution in [3.63, 3.8) is 0 Å². The van der Waals surface area contributed by atoms with Gasteiger partial charge >= 0.3 is 0 Å². The van der Waals surface area contributed by atoms with Gasteiger partial charge in [-0.25, -0.2) is 4.90 Å². The highest BCUT2D eigenvalue weighted by Crippen LogP contribution is 2.48. The second-order valence-corrected chi connectivity index (χ2v) is 15.3. The van der Waals surface area contributed by atoms with Gasteiger partial charge in [0.15, 0.2) is 17.7 Å². The van der Waals surface area contributed by atoms with Crippen molar-refractivity contribution < 1.29 is 19.1 Å². The number of halogens is 1. The maximum atomic E-state index is 14.9. The highest BCUT2D eigenvalue weighted by Gasteiger charge is 2.60. The summed E-state index contributed by atoms with van der Waals surface area (Å²) < 4.78 is 13.5. The normalized spacial score (nSPS) is 35.1. The molecule has 0 bridgehead atoms. The number of Topliss-reactive ketones (excluding diaryl/α,β-unsaturated/α-hetero) is 1. The first kappa shape index (κ1) is 34.0. The molecule has 6 unspecified atom stereocenters. The quantitative estimate of drug-likeness (QED) is 0.334. The number of amides is 1. The van der Waals surface area contributed by atoms with Crippen LogP contribution in [0.2, 0.25) is 5.02 Å². The first-order valence-electron chi connectivity index (χ1n) is 18.2. The van der Waals surface area contributed by atoms with Gasteiger partial charge in [0.2, 0.25) is 5.91 Å². The SMILES string of the molecule is C=CC(=O)N1CCN(C2C3CC[C@@]4(Cc5c(Cl)cccc5O4)C(=O)C3NC(OCC3CCCN3C)N2C2CCCCCC2)CC1CC#N. The molecule has 5 fully saturated rings. The molecule has 4 heterocycles. The number of carbonyl (C=O) groups excluding carboxylic acids is 2. The average molecular weight is 679 g/mol. The lowest BCUT2D eigenvalue weighted by Gasteiger charge is -2.59. The van der Waals surface area contributed by atoms with E-state index < -0.39 is 18.0 Å². The van der Waals surface area contributed by atoms with E-state index in [0.717, 1.165) is 44.2 Å².